The molecule has 0 saturated heterocycles. The molecule has 0 unspecified atom stereocenters. The van der Waals surface area contributed by atoms with E-state index >= 15 is 0 Å². The van der Waals surface area contributed by atoms with Gasteiger partial charge in [0.1, 0.15) is 23.8 Å². The molecule has 0 aliphatic rings. The van der Waals surface area contributed by atoms with E-state index in [9.17, 15) is 9.18 Å². The van der Waals surface area contributed by atoms with E-state index in [1.165, 1.54) is 24.3 Å². The summed E-state index contributed by atoms with van der Waals surface area (Å²) in [5, 5.41) is 3.35. The van der Waals surface area contributed by atoms with Crippen LogP contribution >= 0.6 is 0 Å². The highest BCUT2D eigenvalue weighted by Gasteiger charge is 2.12. The van der Waals surface area contributed by atoms with Gasteiger partial charge in [-0.15, -0.1) is 6.42 Å². The number of hydrogen-bond acceptors (Lipinski definition) is 3. The van der Waals surface area contributed by atoms with Gasteiger partial charge in [0.25, 0.3) is 5.91 Å². The van der Waals surface area contributed by atoms with Gasteiger partial charge in [-0.3, -0.25) is 4.79 Å². The highest BCUT2D eigenvalue weighted by molar-refractivity contribution is 5.96. The molecule has 0 bridgehead atoms. The Hall–Kier alpha value is -3.26. The van der Waals surface area contributed by atoms with Crippen molar-refractivity contribution in [3.8, 4) is 18.1 Å². The van der Waals surface area contributed by atoms with Gasteiger partial charge < -0.3 is 14.5 Å². The number of terminal acetylenes is 1. The molecule has 2 aromatic carbocycles. The molecule has 1 amide bonds. The van der Waals surface area contributed by atoms with Gasteiger partial charge in [-0.1, -0.05) is 18.1 Å². The molecule has 0 radical (unpaired) electrons. The molecule has 25 heavy (non-hydrogen) atoms. The average Bonchev–Trinajstić information content (AvgIpc) is 3.04. The highest BCUT2D eigenvalue weighted by Crippen LogP contribution is 2.20. The Bertz CT molecular complexity index is 922. The smallest absolute Gasteiger partial charge is 0.287 e. The van der Waals surface area contributed by atoms with Crippen molar-refractivity contribution in [2.24, 2.45) is 0 Å². The second-order valence-corrected chi connectivity index (χ2v) is 5.44. The van der Waals surface area contributed by atoms with Crippen molar-refractivity contribution in [1.29, 1.82) is 0 Å². The predicted molar refractivity (Wildman–Crippen MR) is 93.0 cm³/mol. The molecule has 126 valence electrons. The number of ether oxygens (including phenoxy) is 1. The van der Waals surface area contributed by atoms with Crippen LogP contribution in [0.3, 0.4) is 0 Å². The summed E-state index contributed by atoms with van der Waals surface area (Å²) >= 11 is 0. The molecule has 0 fully saturated rings. The number of nitrogens with one attached hydrogen (secondary N) is 1. The minimum atomic E-state index is -0.366. The van der Waals surface area contributed by atoms with Crippen molar-refractivity contribution in [2.75, 3.05) is 13.2 Å². The minimum absolute atomic E-state index is 0.165. The summed E-state index contributed by atoms with van der Waals surface area (Å²) in [5.41, 5.74) is 1.54. The Labute approximate surface area is 144 Å². The Morgan fingerprint density at radius 2 is 2.00 bits per heavy atom. The first-order valence-corrected chi connectivity index (χ1v) is 7.78. The lowest BCUT2D eigenvalue weighted by Crippen LogP contribution is -2.25. The highest BCUT2D eigenvalue weighted by atomic mass is 19.1. The summed E-state index contributed by atoms with van der Waals surface area (Å²) in [5.74, 6) is 2.59. The summed E-state index contributed by atoms with van der Waals surface area (Å²) in [6.45, 7) is 0.686. The maximum atomic E-state index is 13.2. The lowest BCUT2D eigenvalue weighted by molar-refractivity contribution is 0.0928. The lowest BCUT2D eigenvalue weighted by Gasteiger charge is -2.05. The van der Waals surface area contributed by atoms with Crippen LogP contribution < -0.4 is 10.1 Å². The molecule has 3 aromatic rings. The zero-order chi connectivity index (χ0) is 17.6. The molecule has 1 aromatic heterocycles. The van der Waals surface area contributed by atoms with E-state index in [0.29, 0.717) is 29.7 Å². The van der Waals surface area contributed by atoms with Gasteiger partial charge in [0, 0.05) is 11.9 Å². The van der Waals surface area contributed by atoms with Crippen LogP contribution in [0.5, 0.6) is 5.75 Å². The molecule has 0 aliphatic carbocycles. The monoisotopic (exact) mass is 337 g/mol. The summed E-state index contributed by atoms with van der Waals surface area (Å²) < 4.78 is 23.9. The summed E-state index contributed by atoms with van der Waals surface area (Å²) in [6, 6.07) is 13.2. The van der Waals surface area contributed by atoms with E-state index < -0.39 is 0 Å². The van der Waals surface area contributed by atoms with Crippen LogP contribution in [0.2, 0.25) is 0 Å². The summed E-state index contributed by atoms with van der Waals surface area (Å²) in [7, 11) is 0. The fourth-order valence-electron chi connectivity index (χ4n) is 2.41. The van der Waals surface area contributed by atoms with Gasteiger partial charge in [0.15, 0.2) is 5.76 Å². The van der Waals surface area contributed by atoms with Crippen LogP contribution in [0.25, 0.3) is 11.0 Å². The lowest BCUT2D eigenvalue weighted by atomic mass is 10.1. The molecular formula is C20H16FNO3. The summed E-state index contributed by atoms with van der Waals surface area (Å²) in [4.78, 5) is 12.1. The van der Waals surface area contributed by atoms with E-state index in [0.717, 1.165) is 5.56 Å². The third kappa shape index (κ3) is 4.18. The van der Waals surface area contributed by atoms with Crippen LogP contribution in [0.15, 0.2) is 52.9 Å². The van der Waals surface area contributed by atoms with E-state index in [2.05, 4.69) is 11.2 Å². The van der Waals surface area contributed by atoms with Crippen molar-refractivity contribution in [1.82, 2.24) is 5.32 Å². The van der Waals surface area contributed by atoms with Crippen LogP contribution in [0.4, 0.5) is 4.39 Å². The zero-order valence-corrected chi connectivity index (χ0v) is 13.4. The zero-order valence-electron chi connectivity index (χ0n) is 13.4. The standard InChI is InChI=1S/C20H16FNO3/c1-2-11-24-17-6-3-14(4-7-17)9-10-22-20(23)19-13-15-12-16(21)5-8-18(15)25-19/h1,3-8,12-13H,9-11H2,(H,22,23). The minimum Gasteiger partial charge on any atom is -0.481 e. The number of amides is 1. The third-order valence-corrected chi connectivity index (χ3v) is 3.65. The number of carbonyl (C=O) groups is 1. The molecule has 0 spiro atoms. The normalized spacial score (nSPS) is 10.4. The van der Waals surface area contributed by atoms with E-state index in [-0.39, 0.29) is 24.1 Å². The Kier molecular flexibility index (Phi) is 5.00. The first-order valence-electron chi connectivity index (χ1n) is 7.78. The number of fused-ring (bicyclic) bond motifs is 1. The molecule has 1 heterocycles. The molecular weight excluding hydrogens is 321 g/mol. The first-order chi connectivity index (χ1) is 12.2. The number of rotatable bonds is 6. The molecule has 3 rings (SSSR count). The predicted octanol–water partition coefficient (Wildman–Crippen LogP) is 3.56. The fraction of sp³-hybridized carbons (Fsp3) is 0.150. The van der Waals surface area contributed by atoms with Gasteiger partial charge in [0.2, 0.25) is 0 Å². The van der Waals surface area contributed by atoms with Gasteiger partial charge in [-0.05, 0) is 48.4 Å². The largest absolute Gasteiger partial charge is 0.481 e. The third-order valence-electron chi connectivity index (χ3n) is 3.65. The van der Waals surface area contributed by atoms with Crippen LogP contribution in [-0.4, -0.2) is 19.1 Å². The molecule has 0 atom stereocenters. The summed E-state index contributed by atoms with van der Waals surface area (Å²) in [6.07, 6.45) is 5.80. The van der Waals surface area contributed by atoms with Crippen molar-refractivity contribution in [3.63, 3.8) is 0 Å². The Morgan fingerprint density at radius 3 is 2.76 bits per heavy atom. The second kappa shape index (κ2) is 7.54. The Morgan fingerprint density at radius 1 is 1.20 bits per heavy atom. The van der Waals surface area contributed by atoms with Crippen LogP contribution in [0.1, 0.15) is 16.1 Å². The van der Waals surface area contributed by atoms with E-state index in [1.54, 1.807) is 0 Å². The van der Waals surface area contributed by atoms with Gasteiger partial charge in [-0.25, -0.2) is 4.39 Å². The molecule has 0 aliphatic heterocycles. The topological polar surface area (TPSA) is 51.5 Å². The number of hydrogen-bond donors (Lipinski definition) is 1. The molecule has 5 heteroatoms. The number of furan rings is 1. The van der Waals surface area contributed by atoms with Gasteiger partial charge in [-0.2, -0.15) is 0 Å². The molecule has 1 N–H and O–H groups in total. The van der Waals surface area contributed by atoms with Gasteiger partial charge >= 0.3 is 0 Å². The first kappa shape index (κ1) is 16.6. The van der Waals surface area contributed by atoms with Crippen LogP contribution in [0, 0.1) is 18.2 Å². The Balaban J connectivity index is 1.54. The second-order valence-electron chi connectivity index (χ2n) is 5.44. The van der Waals surface area contributed by atoms with Crippen molar-refractivity contribution < 1.29 is 18.3 Å². The van der Waals surface area contributed by atoms with E-state index in [4.69, 9.17) is 15.6 Å². The number of halogens is 1. The van der Waals surface area contributed by atoms with Crippen LogP contribution in [-0.2, 0) is 6.42 Å². The SMILES string of the molecule is C#CCOc1ccc(CCNC(=O)c2cc3cc(F)ccc3o2)cc1. The van der Waals surface area contributed by atoms with Crippen molar-refractivity contribution in [3.05, 3.63) is 65.7 Å². The fourth-order valence-corrected chi connectivity index (χ4v) is 2.41. The molecule has 4 nitrogen and oxygen atoms in total. The maximum absolute atomic E-state index is 13.2. The number of carbonyl (C=O) groups excluding carboxylic acids is 1. The average molecular weight is 337 g/mol. The molecule has 0 saturated carbocycles. The maximum Gasteiger partial charge on any atom is 0.287 e. The van der Waals surface area contributed by atoms with Gasteiger partial charge in [0.05, 0.1) is 0 Å². The van der Waals surface area contributed by atoms with E-state index in [1.807, 2.05) is 24.3 Å². The quantitative estimate of drug-likeness (QED) is 0.700. The van der Waals surface area contributed by atoms with Crippen molar-refractivity contribution in [2.45, 2.75) is 6.42 Å². The number of benzene rings is 2. The van der Waals surface area contributed by atoms with Crippen molar-refractivity contribution >= 4 is 16.9 Å².